The molecule has 0 spiro atoms. The molecule has 2 aromatic rings. The second-order valence-corrected chi connectivity index (χ2v) is 4.71. The van der Waals surface area contributed by atoms with Crippen LogP contribution in [0.15, 0.2) is 39.4 Å². The fraction of sp³-hybridized carbons (Fsp3) is 0.231. The van der Waals surface area contributed by atoms with Crippen molar-refractivity contribution in [1.29, 1.82) is 0 Å². The van der Waals surface area contributed by atoms with Crippen LogP contribution in [0.3, 0.4) is 0 Å². The minimum atomic E-state index is -0.339. The van der Waals surface area contributed by atoms with Gasteiger partial charge in [-0.2, -0.15) is 0 Å². The van der Waals surface area contributed by atoms with Crippen LogP contribution < -0.4 is 10.5 Å². The van der Waals surface area contributed by atoms with Gasteiger partial charge in [0, 0.05) is 5.56 Å². The Hall–Kier alpha value is -1.26. The lowest BCUT2D eigenvalue weighted by Crippen LogP contribution is -2.13. The molecule has 1 unspecified atom stereocenters. The molecule has 4 heteroatoms. The van der Waals surface area contributed by atoms with Gasteiger partial charge in [-0.05, 0) is 35.0 Å². The van der Waals surface area contributed by atoms with E-state index in [9.17, 15) is 0 Å². The zero-order valence-electron chi connectivity index (χ0n) is 9.74. The first-order chi connectivity index (χ1) is 8.13. The SMILES string of the molecule is COc1ccc(C)cc1C(N)c1occc1Br. The van der Waals surface area contributed by atoms with Gasteiger partial charge in [-0.3, -0.25) is 0 Å². The summed E-state index contributed by atoms with van der Waals surface area (Å²) in [5.74, 6) is 1.47. The second-order valence-electron chi connectivity index (χ2n) is 3.86. The predicted octanol–water partition coefficient (Wildman–Crippen LogP) is 3.41. The van der Waals surface area contributed by atoms with Gasteiger partial charge in [0.2, 0.25) is 0 Å². The van der Waals surface area contributed by atoms with Crippen LogP contribution in [0, 0.1) is 6.92 Å². The highest BCUT2D eigenvalue weighted by Gasteiger charge is 2.19. The Morgan fingerprint density at radius 1 is 1.35 bits per heavy atom. The van der Waals surface area contributed by atoms with Gasteiger partial charge in [-0.1, -0.05) is 17.7 Å². The predicted molar refractivity (Wildman–Crippen MR) is 70.2 cm³/mol. The molecule has 0 aliphatic heterocycles. The Morgan fingerprint density at radius 3 is 2.71 bits per heavy atom. The zero-order chi connectivity index (χ0) is 12.4. The number of methoxy groups -OCH3 is 1. The van der Waals surface area contributed by atoms with E-state index in [1.54, 1.807) is 13.4 Å². The van der Waals surface area contributed by atoms with Crippen LogP contribution in [0.5, 0.6) is 5.75 Å². The van der Waals surface area contributed by atoms with Gasteiger partial charge in [0.25, 0.3) is 0 Å². The van der Waals surface area contributed by atoms with Crippen LogP contribution in [-0.2, 0) is 0 Å². The molecular formula is C13H14BrNO2. The van der Waals surface area contributed by atoms with Gasteiger partial charge in [0.05, 0.1) is 23.9 Å². The molecule has 2 N–H and O–H groups in total. The van der Waals surface area contributed by atoms with Crippen LogP contribution >= 0.6 is 15.9 Å². The molecule has 0 amide bonds. The maximum atomic E-state index is 6.20. The van der Waals surface area contributed by atoms with Crippen LogP contribution in [0.1, 0.15) is 22.9 Å². The highest BCUT2D eigenvalue weighted by molar-refractivity contribution is 9.10. The molecule has 0 radical (unpaired) electrons. The van der Waals surface area contributed by atoms with Crippen molar-refractivity contribution in [1.82, 2.24) is 0 Å². The molecule has 1 aromatic heterocycles. The van der Waals surface area contributed by atoms with Gasteiger partial charge < -0.3 is 14.9 Å². The Labute approximate surface area is 109 Å². The maximum Gasteiger partial charge on any atom is 0.139 e. The van der Waals surface area contributed by atoms with E-state index in [-0.39, 0.29) is 6.04 Å². The molecule has 0 aliphatic rings. The largest absolute Gasteiger partial charge is 0.496 e. The topological polar surface area (TPSA) is 48.4 Å². The van der Waals surface area contributed by atoms with Crippen LogP contribution in [0.25, 0.3) is 0 Å². The number of hydrogen-bond donors (Lipinski definition) is 1. The van der Waals surface area contributed by atoms with Crippen molar-refractivity contribution in [2.75, 3.05) is 7.11 Å². The Kier molecular flexibility index (Phi) is 3.54. The summed E-state index contributed by atoms with van der Waals surface area (Å²) < 4.78 is 11.6. The molecule has 2 rings (SSSR count). The molecule has 1 atom stereocenters. The highest BCUT2D eigenvalue weighted by atomic mass is 79.9. The normalized spacial score (nSPS) is 12.5. The van der Waals surface area contributed by atoms with Crippen molar-refractivity contribution in [3.05, 3.63) is 51.9 Å². The molecular weight excluding hydrogens is 282 g/mol. The smallest absolute Gasteiger partial charge is 0.139 e. The zero-order valence-corrected chi connectivity index (χ0v) is 11.3. The lowest BCUT2D eigenvalue weighted by atomic mass is 10.0. The van der Waals surface area contributed by atoms with E-state index in [1.165, 1.54) is 0 Å². The summed E-state index contributed by atoms with van der Waals surface area (Å²) in [6.07, 6.45) is 1.61. The van der Waals surface area contributed by atoms with Gasteiger partial charge in [-0.15, -0.1) is 0 Å². The number of hydrogen-bond acceptors (Lipinski definition) is 3. The minimum absolute atomic E-state index is 0.339. The number of rotatable bonds is 3. The first-order valence-electron chi connectivity index (χ1n) is 5.26. The molecule has 0 fully saturated rings. The summed E-state index contributed by atoms with van der Waals surface area (Å²) in [5, 5.41) is 0. The number of ether oxygens (including phenoxy) is 1. The molecule has 1 aromatic carbocycles. The highest BCUT2D eigenvalue weighted by Crippen LogP contribution is 2.33. The number of furan rings is 1. The molecule has 0 aliphatic carbocycles. The first kappa shape index (κ1) is 12.2. The van der Waals surface area contributed by atoms with E-state index in [2.05, 4.69) is 15.9 Å². The summed E-state index contributed by atoms with van der Waals surface area (Å²) in [4.78, 5) is 0. The average Bonchev–Trinajstić information content (AvgIpc) is 2.74. The summed E-state index contributed by atoms with van der Waals surface area (Å²) in [6, 6.07) is 7.41. The molecule has 17 heavy (non-hydrogen) atoms. The van der Waals surface area contributed by atoms with Crippen LogP contribution in [-0.4, -0.2) is 7.11 Å². The van der Waals surface area contributed by atoms with E-state index in [4.69, 9.17) is 14.9 Å². The lowest BCUT2D eigenvalue weighted by molar-refractivity contribution is 0.402. The quantitative estimate of drug-likeness (QED) is 0.944. The second kappa shape index (κ2) is 4.94. The van der Waals surface area contributed by atoms with Crippen molar-refractivity contribution in [2.24, 2.45) is 5.73 Å². The summed E-state index contributed by atoms with van der Waals surface area (Å²) >= 11 is 3.41. The summed E-state index contributed by atoms with van der Waals surface area (Å²) in [7, 11) is 1.64. The van der Waals surface area contributed by atoms with Gasteiger partial charge in [-0.25, -0.2) is 0 Å². The van der Waals surface area contributed by atoms with Gasteiger partial charge in [0.1, 0.15) is 11.5 Å². The summed E-state index contributed by atoms with van der Waals surface area (Å²) in [5.41, 5.74) is 8.26. The van der Waals surface area contributed by atoms with Crippen molar-refractivity contribution in [3.63, 3.8) is 0 Å². The van der Waals surface area contributed by atoms with Crippen molar-refractivity contribution < 1.29 is 9.15 Å². The number of aryl methyl sites for hydroxylation is 1. The first-order valence-corrected chi connectivity index (χ1v) is 6.05. The maximum absolute atomic E-state index is 6.20. The average molecular weight is 296 g/mol. The van der Waals surface area contributed by atoms with Gasteiger partial charge in [0.15, 0.2) is 0 Å². The molecule has 0 saturated heterocycles. The Bertz CT molecular complexity index is 522. The fourth-order valence-corrected chi connectivity index (χ4v) is 2.21. The van der Waals surface area contributed by atoms with Gasteiger partial charge >= 0.3 is 0 Å². The fourth-order valence-electron chi connectivity index (χ4n) is 1.77. The van der Waals surface area contributed by atoms with Crippen LogP contribution in [0.4, 0.5) is 0 Å². The lowest BCUT2D eigenvalue weighted by Gasteiger charge is -2.15. The van der Waals surface area contributed by atoms with E-state index in [0.717, 1.165) is 21.3 Å². The number of nitrogens with two attached hydrogens (primary N) is 1. The third-order valence-electron chi connectivity index (χ3n) is 2.65. The molecule has 0 saturated carbocycles. The molecule has 0 bridgehead atoms. The van der Waals surface area contributed by atoms with E-state index in [0.29, 0.717) is 5.76 Å². The third-order valence-corrected chi connectivity index (χ3v) is 3.30. The summed E-state index contributed by atoms with van der Waals surface area (Å²) in [6.45, 7) is 2.02. The van der Waals surface area contributed by atoms with E-state index >= 15 is 0 Å². The van der Waals surface area contributed by atoms with E-state index in [1.807, 2.05) is 31.2 Å². The molecule has 3 nitrogen and oxygen atoms in total. The molecule has 1 heterocycles. The Morgan fingerprint density at radius 2 is 2.12 bits per heavy atom. The standard InChI is InChI=1S/C13H14BrNO2/c1-8-3-4-11(16-2)9(7-8)12(15)13-10(14)5-6-17-13/h3-7,12H,15H2,1-2H3. The minimum Gasteiger partial charge on any atom is -0.496 e. The third kappa shape index (κ3) is 2.37. The number of benzene rings is 1. The van der Waals surface area contributed by atoms with Crippen molar-refractivity contribution in [3.8, 4) is 5.75 Å². The number of halogens is 1. The van der Waals surface area contributed by atoms with Crippen molar-refractivity contribution >= 4 is 15.9 Å². The Balaban J connectivity index is 2.46. The monoisotopic (exact) mass is 295 g/mol. The van der Waals surface area contributed by atoms with Crippen LogP contribution in [0.2, 0.25) is 0 Å². The van der Waals surface area contributed by atoms with E-state index < -0.39 is 0 Å². The molecule has 90 valence electrons. The van der Waals surface area contributed by atoms with Crippen molar-refractivity contribution in [2.45, 2.75) is 13.0 Å².